The number of ketones is 1. The van der Waals surface area contributed by atoms with Crippen molar-refractivity contribution in [3.63, 3.8) is 0 Å². The van der Waals surface area contributed by atoms with Gasteiger partial charge >= 0.3 is 0 Å². The first-order valence-corrected chi connectivity index (χ1v) is 10.6. The van der Waals surface area contributed by atoms with Crippen LogP contribution in [0.1, 0.15) is 26.5 Å². The third-order valence-corrected chi connectivity index (χ3v) is 6.25. The molecule has 4 nitrogen and oxygen atoms in total. The Balaban J connectivity index is 1.90. The summed E-state index contributed by atoms with van der Waals surface area (Å²) in [6.07, 6.45) is 0.0925. The van der Waals surface area contributed by atoms with Gasteiger partial charge in [0.25, 0.3) is 0 Å². The van der Waals surface area contributed by atoms with Gasteiger partial charge in [0.15, 0.2) is 5.78 Å². The SMILES string of the molecule is CC(=O)C(C)(C)NC(=O)Cc1csc(-c2cc(Cl)c(Cl)cc2-c2ccccc2)n1. The number of carbonyl (C=O) groups excluding carboxylic acids is 2. The Hall–Kier alpha value is -2.21. The van der Waals surface area contributed by atoms with Gasteiger partial charge in [0.2, 0.25) is 5.91 Å². The summed E-state index contributed by atoms with van der Waals surface area (Å²) in [5.74, 6) is -0.354. The van der Waals surface area contributed by atoms with Crippen LogP contribution in [-0.2, 0) is 16.0 Å². The zero-order chi connectivity index (χ0) is 21.2. The Kier molecular flexibility index (Phi) is 6.42. The summed E-state index contributed by atoms with van der Waals surface area (Å²) in [6.45, 7) is 4.82. The summed E-state index contributed by atoms with van der Waals surface area (Å²) in [6, 6.07) is 13.5. The number of hydrogen-bond acceptors (Lipinski definition) is 4. The van der Waals surface area contributed by atoms with Crippen LogP contribution in [0.25, 0.3) is 21.7 Å². The molecule has 0 saturated heterocycles. The quantitative estimate of drug-likeness (QED) is 0.519. The predicted molar refractivity (Wildman–Crippen MR) is 120 cm³/mol. The number of benzene rings is 2. The number of thiazole rings is 1. The summed E-state index contributed by atoms with van der Waals surface area (Å²) >= 11 is 14.0. The highest BCUT2D eigenvalue weighted by Crippen LogP contribution is 2.39. The van der Waals surface area contributed by atoms with E-state index in [0.29, 0.717) is 15.7 Å². The summed E-state index contributed by atoms with van der Waals surface area (Å²) < 4.78 is 0. The molecule has 3 rings (SSSR count). The minimum atomic E-state index is -0.903. The van der Waals surface area contributed by atoms with Gasteiger partial charge in [0.05, 0.1) is 27.7 Å². The maximum atomic E-state index is 12.3. The van der Waals surface area contributed by atoms with Crippen molar-refractivity contribution in [1.29, 1.82) is 0 Å². The number of nitrogens with one attached hydrogen (secondary N) is 1. The van der Waals surface area contributed by atoms with E-state index in [4.69, 9.17) is 23.2 Å². The fourth-order valence-electron chi connectivity index (χ4n) is 2.74. The van der Waals surface area contributed by atoms with E-state index in [0.717, 1.165) is 21.7 Å². The van der Waals surface area contributed by atoms with Crippen LogP contribution in [0.3, 0.4) is 0 Å². The Morgan fingerprint density at radius 2 is 1.69 bits per heavy atom. The van der Waals surface area contributed by atoms with Crippen molar-refractivity contribution in [1.82, 2.24) is 10.3 Å². The minimum Gasteiger partial charge on any atom is -0.344 e. The summed E-state index contributed by atoms with van der Waals surface area (Å²) in [5.41, 5.74) is 2.50. The van der Waals surface area contributed by atoms with E-state index >= 15 is 0 Å². The number of rotatable bonds is 6. The standard InChI is InChI=1S/C22H20Cl2N2O2S/c1-13(27)22(2,3)26-20(28)9-15-12-29-21(25-15)17-11-19(24)18(23)10-16(17)14-7-5-4-6-8-14/h4-8,10-12H,9H2,1-3H3,(H,26,28). The first-order chi connectivity index (χ1) is 13.7. The first-order valence-electron chi connectivity index (χ1n) is 8.98. The van der Waals surface area contributed by atoms with Crippen molar-refractivity contribution < 1.29 is 9.59 Å². The average molecular weight is 447 g/mol. The van der Waals surface area contributed by atoms with E-state index in [2.05, 4.69) is 10.3 Å². The molecule has 0 atom stereocenters. The molecule has 1 N–H and O–H groups in total. The molecule has 0 fully saturated rings. The lowest BCUT2D eigenvalue weighted by atomic mass is 10.00. The van der Waals surface area contributed by atoms with Crippen LogP contribution < -0.4 is 5.32 Å². The van der Waals surface area contributed by atoms with Gasteiger partial charge in [-0.2, -0.15) is 0 Å². The third kappa shape index (κ3) is 5.04. The molecule has 0 aliphatic rings. The molecule has 0 radical (unpaired) electrons. The second-order valence-electron chi connectivity index (χ2n) is 7.23. The van der Waals surface area contributed by atoms with Crippen LogP contribution in [0.5, 0.6) is 0 Å². The van der Waals surface area contributed by atoms with E-state index in [1.54, 1.807) is 19.9 Å². The minimum absolute atomic E-state index is 0.0925. The number of aromatic nitrogens is 1. The smallest absolute Gasteiger partial charge is 0.226 e. The molecule has 7 heteroatoms. The number of nitrogens with zero attached hydrogens (tertiary/aromatic N) is 1. The molecule has 1 aromatic heterocycles. The predicted octanol–water partition coefficient (Wildman–Crippen LogP) is 5.81. The van der Waals surface area contributed by atoms with Crippen LogP contribution >= 0.6 is 34.5 Å². The third-order valence-electron chi connectivity index (χ3n) is 4.60. The van der Waals surface area contributed by atoms with Gasteiger partial charge in [-0.1, -0.05) is 53.5 Å². The highest BCUT2D eigenvalue weighted by molar-refractivity contribution is 7.13. The van der Waals surface area contributed by atoms with Gasteiger partial charge < -0.3 is 5.32 Å². The average Bonchev–Trinajstić information content (AvgIpc) is 3.11. The van der Waals surface area contributed by atoms with Gasteiger partial charge in [-0.25, -0.2) is 4.98 Å². The molecule has 1 amide bonds. The number of Topliss-reactive ketones (excluding diaryl/α,β-unsaturated/α-hetero) is 1. The summed E-state index contributed by atoms with van der Waals surface area (Å²) in [7, 11) is 0. The fourth-order valence-corrected chi connectivity index (χ4v) is 3.91. The van der Waals surface area contributed by atoms with Gasteiger partial charge in [-0.05, 0) is 44.0 Å². The molecule has 0 saturated carbocycles. The zero-order valence-corrected chi connectivity index (χ0v) is 18.6. The number of hydrogen-bond donors (Lipinski definition) is 1. The highest BCUT2D eigenvalue weighted by atomic mass is 35.5. The molecule has 0 unspecified atom stereocenters. The molecular weight excluding hydrogens is 427 g/mol. The van der Waals surface area contributed by atoms with Crippen molar-refractivity contribution >= 4 is 46.2 Å². The van der Waals surface area contributed by atoms with Crippen molar-refractivity contribution in [2.24, 2.45) is 0 Å². The van der Waals surface area contributed by atoms with Gasteiger partial charge in [0.1, 0.15) is 5.01 Å². The van der Waals surface area contributed by atoms with Crippen molar-refractivity contribution in [3.8, 4) is 21.7 Å². The second-order valence-corrected chi connectivity index (χ2v) is 8.90. The molecule has 2 aromatic carbocycles. The van der Waals surface area contributed by atoms with Crippen LogP contribution in [0.2, 0.25) is 10.0 Å². The first kappa shape index (κ1) is 21.5. The van der Waals surface area contributed by atoms with E-state index in [-0.39, 0.29) is 18.1 Å². The van der Waals surface area contributed by atoms with Crippen LogP contribution in [0.4, 0.5) is 0 Å². The monoisotopic (exact) mass is 446 g/mol. The Labute approximate surface area is 183 Å². The Morgan fingerprint density at radius 3 is 2.31 bits per heavy atom. The van der Waals surface area contributed by atoms with Crippen LogP contribution in [0.15, 0.2) is 47.8 Å². The van der Waals surface area contributed by atoms with Crippen molar-refractivity contribution in [2.45, 2.75) is 32.7 Å². The summed E-state index contributed by atoms with van der Waals surface area (Å²) in [5, 5.41) is 6.24. The Morgan fingerprint density at radius 1 is 1.07 bits per heavy atom. The molecule has 0 bridgehead atoms. The van der Waals surface area contributed by atoms with E-state index < -0.39 is 5.54 Å². The molecule has 1 heterocycles. The fraction of sp³-hybridized carbons (Fsp3) is 0.227. The van der Waals surface area contributed by atoms with Gasteiger partial charge in [0, 0.05) is 10.9 Å². The molecule has 29 heavy (non-hydrogen) atoms. The topological polar surface area (TPSA) is 59.1 Å². The highest BCUT2D eigenvalue weighted by Gasteiger charge is 2.26. The molecule has 0 spiro atoms. The van der Waals surface area contributed by atoms with Gasteiger partial charge in [-0.3, -0.25) is 9.59 Å². The van der Waals surface area contributed by atoms with Crippen LogP contribution in [-0.4, -0.2) is 22.2 Å². The molecule has 3 aromatic rings. The summed E-state index contributed by atoms with van der Waals surface area (Å²) in [4.78, 5) is 28.6. The largest absolute Gasteiger partial charge is 0.344 e. The molecule has 150 valence electrons. The lowest BCUT2D eigenvalue weighted by Gasteiger charge is -2.22. The van der Waals surface area contributed by atoms with E-state index in [1.807, 2.05) is 41.8 Å². The normalized spacial score (nSPS) is 11.3. The molecule has 0 aliphatic heterocycles. The lowest BCUT2D eigenvalue weighted by molar-refractivity contribution is -0.129. The van der Waals surface area contributed by atoms with Gasteiger partial charge in [-0.15, -0.1) is 11.3 Å². The second kappa shape index (κ2) is 8.66. The maximum Gasteiger partial charge on any atom is 0.226 e. The molecular formula is C22H20Cl2N2O2S. The number of halogens is 2. The zero-order valence-electron chi connectivity index (χ0n) is 16.3. The molecule has 0 aliphatic carbocycles. The van der Waals surface area contributed by atoms with Crippen molar-refractivity contribution in [2.75, 3.05) is 0 Å². The van der Waals surface area contributed by atoms with E-state index in [9.17, 15) is 9.59 Å². The number of carbonyl (C=O) groups is 2. The Bertz CT molecular complexity index is 1060. The van der Waals surface area contributed by atoms with E-state index in [1.165, 1.54) is 18.3 Å². The number of amides is 1. The van der Waals surface area contributed by atoms with Crippen molar-refractivity contribution in [3.05, 3.63) is 63.6 Å². The van der Waals surface area contributed by atoms with Crippen LogP contribution in [0, 0.1) is 0 Å². The maximum absolute atomic E-state index is 12.3. The lowest BCUT2D eigenvalue weighted by Crippen LogP contribution is -2.49.